The third kappa shape index (κ3) is 4.34. The number of carbonyl (C=O) groups is 1. The number of ether oxygens (including phenoxy) is 1. The van der Waals surface area contributed by atoms with Crippen molar-refractivity contribution in [2.45, 2.75) is 13.0 Å². The Morgan fingerprint density at radius 1 is 1.15 bits per heavy atom. The van der Waals surface area contributed by atoms with E-state index in [1.165, 1.54) is 32.9 Å². The van der Waals surface area contributed by atoms with Crippen molar-refractivity contribution < 1.29 is 9.53 Å². The van der Waals surface area contributed by atoms with Crippen LogP contribution in [0.3, 0.4) is 0 Å². The molecule has 0 radical (unpaired) electrons. The van der Waals surface area contributed by atoms with Crippen molar-refractivity contribution in [3.05, 3.63) is 68.8 Å². The van der Waals surface area contributed by atoms with Crippen LogP contribution < -0.4 is 0 Å². The number of hydrogen-bond acceptors (Lipinski definition) is 6. The number of hydrogen-bond donors (Lipinski definition) is 1. The summed E-state index contributed by atoms with van der Waals surface area (Å²) in [6.45, 7) is 6.00. The fraction of sp³-hybridized carbons (Fsp3) is 0.308. The summed E-state index contributed by atoms with van der Waals surface area (Å²) >= 11 is 3.32. The molecule has 4 aromatic rings. The highest BCUT2D eigenvalue weighted by atomic mass is 32.1. The Balaban J connectivity index is 1.21. The number of aromatic amines is 1. The van der Waals surface area contributed by atoms with Crippen LogP contribution in [0.15, 0.2) is 53.5 Å². The minimum Gasteiger partial charge on any atom is -0.379 e. The van der Waals surface area contributed by atoms with Gasteiger partial charge in [0, 0.05) is 66.5 Å². The fourth-order valence-corrected chi connectivity index (χ4v) is 6.30. The second-order valence-corrected chi connectivity index (χ2v) is 10.7. The molecule has 1 saturated heterocycles. The van der Waals surface area contributed by atoms with Gasteiger partial charge in [-0.1, -0.05) is 12.1 Å². The van der Waals surface area contributed by atoms with Crippen molar-refractivity contribution in [1.29, 1.82) is 0 Å². The molecule has 1 N–H and O–H groups in total. The number of fused-ring (bicyclic) bond motifs is 1. The van der Waals surface area contributed by atoms with E-state index in [4.69, 9.17) is 9.72 Å². The number of thiophene rings is 2. The Hall–Kier alpha value is -2.78. The molecule has 2 aliphatic heterocycles. The number of amides is 1. The highest BCUT2D eigenvalue weighted by Crippen LogP contribution is 2.33. The minimum atomic E-state index is 0.124. The third-order valence-electron chi connectivity index (χ3n) is 6.58. The Kier molecular flexibility index (Phi) is 6.05. The molecule has 0 spiro atoms. The summed E-state index contributed by atoms with van der Waals surface area (Å²) in [6.07, 6.45) is 7.05. The molecular weight excluding hydrogens is 464 g/mol. The monoisotopic (exact) mass is 490 g/mol. The zero-order chi connectivity index (χ0) is 22.9. The molecule has 0 saturated carbocycles. The number of morpholine rings is 1. The van der Waals surface area contributed by atoms with Gasteiger partial charge in [0.05, 0.1) is 18.1 Å². The van der Waals surface area contributed by atoms with Crippen LogP contribution in [-0.4, -0.2) is 65.1 Å². The lowest BCUT2D eigenvalue weighted by molar-refractivity contribution is 0.0346. The number of aromatic nitrogens is 2. The van der Waals surface area contributed by atoms with E-state index in [-0.39, 0.29) is 5.91 Å². The molecule has 1 fully saturated rings. The first-order valence-electron chi connectivity index (χ1n) is 11.6. The van der Waals surface area contributed by atoms with E-state index in [1.54, 1.807) is 0 Å². The zero-order valence-corrected chi connectivity index (χ0v) is 20.5. The SMILES string of the molecule is O=C(c1cccs1)N1CC=C(c2c[nH]c3ncc(-c4csc(CN5CCOCC5)c4)cc23)CC1. The second kappa shape index (κ2) is 9.46. The van der Waals surface area contributed by atoms with Gasteiger partial charge in [0.25, 0.3) is 5.91 Å². The number of nitrogens with zero attached hydrogens (tertiary/aromatic N) is 3. The molecule has 0 aliphatic carbocycles. The summed E-state index contributed by atoms with van der Waals surface area (Å²) in [5.74, 6) is 0.124. The standard InChI is InChI=1S/C26H26N4O2S2/c31-26(24-2-1-11-33-24)30-5-3-18(4-6-30)23-15-28-25-22(23)13-19(14-27-25)20-12-21(34-17-20)16-29-7-9-32-10-8-29/h1-3,11-15,17H,4-10,16H2,(H,27,28). The van der Waals surface area contributed by atoms with E-state index in [2.05, 4.69) is 39.7 Å². The average Bonchev–Trinajstić information content (AvgIpc) is 3.65. The first-order valence-corrected chi connectivity index (χ1v) is 13.4. The molecule has 6 rings (SSSR count). The molecule has 0 bridgehead atoms. The molecule has 6 heterocycles. The van der Waals surface area contributed by atoms with Crippen LogP contribution in [0.1, 0.15) is 26.5 Å². The van der Waals surface area contributed by atoms with Gasteiger partial charge in [-0.25, -0.2) is 4.98 Å². The van der Waals surface area contributed by atoms with Crippen LogP contribution in [0.4, 0.5) is 0 Å². The Morgan fingerprint density at radius 2 is 2.06 bits per heavy atom. The second-order valence-electron chi connectivity index (χ2n) is 8.72. The van der Waals surface area contributed by atoms with Gasteiger partial charge in [0.2, 0.25) is 0 Å². The molecule has 4 aromatic heterocycles. The fourth-order valence-electron chi connectivity index (χ4n) is 4.68. The van der Waals surface area contributed by atoms with Gasteiger partial charge in [-0.15, -0.1) is 22.7 Å². The highest BCUT2D eigenvalue weighted by molar-refractivity contribution is 7.12. The summed E-state index contributed by atoms with van der Waals surface area (Å²) in [5, 5.41) is 5.33. The molecule has 34 heavy (non-hydrogen) atoms. The predicted molar refractivity (Wildman–Crippen MR) is 138 cm³/mol. The van der Waals surface area contributed by atoms with E-state index in [0.29, 0.717) is 6.54 Å². The molecule has 6 nitrogen and oxygen atoms in total. The van der Waals surface area contributed by atoms with Gasteiger partial charge in [-0.3, -0.25) is 9.69 Å². The van der Waals surface area contributed by atoms with Gasteiger partial charge in [0.1, 0.15) is 5.65 Å². The lowest BCUT2D eigenvalue weighted by Crippen LogP contribution is -2.35. The van der Waals surface area contributed by atoms with E-state index in [9.17, 15) is 4.79 Å². The van der Waals surface area contributed by atoms with Crippen LogP contribution in [-0.2, 0) is 11.3 Å². The van der Waals surface area contributed by atoms with Crippen molar-refractivity contribution >= 4 is 45.2 Å². The van der Waals surface area contributed by atoms with Gasteiger partial charge in [-0.2, -0.15) is 0 Å². The Bertz CT molecular complexity index is 1330. The van der Waals surface area contributed by atoms with Crippen molar-refractivity contribution in [1.82, 2.24) is 19.8 Å². The quantitative estimate of drug-likeness (QED) is 0.422. The summed E-state index contributed by atoms with van der Waals surface area (Å²) < 4.78 is 5.47. The van der Waals surface area contributed by atoms with Crippen LogP contribution in [0, 0.1) is 0 Å². The summed E-state index contributed by atoms with van der Waals surface area (Å²) in [7, 11) is 0. The highest BCUT2D eigenvalue weighted by Gasteiger charge is 2.21. The normalized spacial score (nSPS) is 17.3. The van der Waals surface area contributed by atoms with Gasteiger partial charge in [-0.05, 0) is 46.5 Å². The topological polar surface area (TPSA) is 61.5 Å². The predicted octanol–water partition coefficient (Wildman–Crippen LogP) is 5.11. The van der Waals surface area contributed by atoms with Crippen LogP contribution in [0.25, 0.3) is 27.7 Å². The average molecular weight is 491 g/mol. The Morgan fingerprint density at radius 3 is 2.85 bits per heavy atom. The van der Waals surface area contributed by atoms with Crippen LogP contribution in [0.2, 0.25) is 0 Å². The molecule has 8 heteroatoms. The molecular formula is C26H26N4O2S2. The zero-order valence-electron chi connectivity index (χ0n) is 18.8. The third-order valence-corrected chi connectivity index (χ3v) is 8.35. The summed E-state index contributed by atoms with van der Waals surface area (Å²) in [4.78, 5) is 27.3. The maximum atomic E-state index is 12.7. The summed E-state index contributed by atoms with van der Waals surface area (Å²) in [6, 6.07) is 8.37. The maximum Gasteiger partial charge on any atom is 0.264 e. The molecule has 1 amide bonds. The van der Waals surface area contributed by atoms with E-state index in [0.717, 1.165) is 67.3 Å². The smallest absolute Gasteiger partial charge is 0.264 e. The maximum absolute atomic E-state index is 12.7. The number of H-pyrrole nitrogens is 1. The van der Waals surface area contributed by atoms with E-state index < -0.39 is 0 Å². The molecule has 0 unspecified atom stereocenters. The number of carbonyl (C=O) groups excluding carboxylic acids is 1. The first kappa shape index (κ1) is 21.7. The molecule has 0 atom stereocenters. The molecule has 0 aromatic carbocycles. The Labute approximate surface area is 206 Å². The van der Waals surface area contributed by atoms with E-state index in [1.807, 2.05) is 39.9 Å². The lowest BCUT2D eigenvalue weighted by atomic mass is 9.98. The van der Waals surface area contributed by atoms with Gasteiger partial charge < -0.3 is 14.6 Å². The van der Waals surface area contributed by atoms with Crippen molar-refractivity contribution in [2.75, 3.05) is 39.4 Å². The number of rotatable bonds is 5. The van der Waals surface area contributed by atoms with Crippen molar-refractivity contribution in [2.24, 2.45) is 0 Å². The molecule has 174 valence electrons. The minimum absolute atomic E-state index is 0.124. The number of pyridine rings is 1. The van der Waals surface area contributed by atoms with Crippen LogP contribution >= 0.6 is 22.7 Å². The summed E-state index contributed by atoms with van der Waals surface area (Å²) in [5.41, 5.74) is 5.74. The first-order chi connectivity index (χ1) is 16.7. The lowest BCUT2D eigenvalue weighted by Gasteiger charge is -2.26. The largest absolute Gasteiger partial charge is 0.379 e. The molecule has 2 aliphatic rings. The number of nitrogens with one attached hydrogen (secondary N) is 1. The van der Waals surface area contributed by atoms with E-state index >= 15 is 0 Å². The van der Waals surface area contributed by atoms with Crippen molar-refractivity contribution in [3.63, 3.8) is 0 Å². The van der Waals surface area contributed by atoms with Gasteiger partial charge in [0.15, 0.2) is 0 Å². The van der Waals surface area contributed by atoms with Crippen molar-refractivity contribution in [3.8, 4) is 11.1 Å². The van der Waals surface area contributed by atoms with Gasteiger partial charge >= 0.3 is 0 Å². The van der Waals surface area contributed by atoms with Crippen LogP contribution in [0.5, 0.6) is 0 Å².